The number of ether oxygens (including phenoxy) is 1. The van der Waals surface area contributed by atoms with Crippen molar-refractivity contribution in [1.29, 1.82) is 0 Å². The molecule has 0 spiro atoms. The lowest BCUT2D eigenvalue weighted by atomic mass is 10.1. The van der Waals surface area contributed by atoms with Crippen molar-refractivity contribution < 1.29 is 4.74 Å². The van der Waals surface area contributed by atoms with Gasteiger partial charge in [0.1, 0.15) is 12.4 Å². The second kappa shape index (κ2) is 5.86. The van der Waals surface area contributed by atoms with Crippen LogP contribution in [-0.4, -0.2) is 0 Å². The molecule has 0 aliphatic heterocycles. The Hall–Kier alpha value is -1.51. The van der Waals surface area contributed by atoms with Gasteiger partial charge in [0.2, 0.25) is 0 Å². The first-order valence-electron chi connectivity index (χ1n) is 6.27. The summed E-state index contributed by atoms with van der Waals surface area (Å²) in [6.45, 7) is 0.516. The summed E-state index contributed by atoms with van der Waals surface area (Å²) in [5, 5.41) is 3.08. The minimum atomic E-state index is 0.516. The average molecular weight is 348 g/mol. The number of hydrogen-bond acceptors (Lipinski definition) is 1. The molecule has 0 fully saturated rings. The maximum Gasteiger partial charge on any atom is 0.120 e. The number of hydrogen-bond donors (Lipinski definition) is 0. The smallest absolute Gasteiger partial charge is 0.120 e. The number of fused-ring (bicyclic) bond motifs is 1. The van der Waals surface area contributed by atoms with Crippen LogP contribution in [0.1, 0.15) is 5.56 Å². The van der Waals surface area contributed by atoms with Crippen LogP contribution in [0.15, 0.2) is 65.1 Å². The van der Waals surface area contributed by atoms with Crippen molar-refractivity contribution in [1.82, 2.24) is 0 Å². The van der Waals surface area contributed by atoms with Crippen molar-refractivity contribution >= 4 is 38.3 Å². The highest BCUT2D eigenvalue weighted by Gasteiger charge is 2.00. The van der Waals surface area contributed by atoms with Gasteiger partial charge in [-0.2, -0.15) is 0 Å². The lowest BCUT2D eigenvalue weighted by molar-refractivity contribution is 0.306. The molecule has 0 N–H and O–H groups in total. The highest BCUT2D eigenvalue weighted by Crippen LogP contribution is 2.24. The Morgan fingerprint density at radius 2 is 1.70 bits per heavy atom. The van der Waals surface area contributed by atoms with Crippen LogP contribution in [0.25, 0.3) is 10.8 Å². The van der Waals surface area contributed by atoms with Gasteiger partial charge in [-0.25, -0.2) is 0 Å². The Balaban J connectivity index is 1.79. The highest BCUT2D eigenvalue weighted by atomic mass is 79.9. The minimum Gasteiger partial charge on any atom is -0.489 e. The second-order valence-corrected chi connectivity index (χ2v) is 5.92. The van der Waals surface area contributed by atoms with E-state index in [1.165, 1.54) is 5.39 Å². The van der Waals surface area contributed by atoms with Gasteiger partial charge in [0, 0.05) is 9.50 Å². The Morgan fingerprint density at radius 1 is 0.900 bits per heavy atom. The summed E-state index contributed by atoms with van der Waals surface area (Å²) < 4.78 is 6.90. The maximum absolute atomic E-state index is 5.96. The molecule has 0 radical (unpaired) electrons. The fraction of sp³-hybridized carbons (Fsp3) is 0.0588. The molecule has 20 heavy (non-hydrogen) atoms. The van der Waals surface area contributed by atoms with Gasteiger partial charge in [0.15, 0.2) is 0 Å². The molecular formula is C17H12BrClO. The zero-order valence-corrected chi connectivity index (χ0v) is 13.0. The van der Waals surface area contributed by atoms with Crippen molar-refractivity contribution in [2.45, 2.75) is 6.61 Å². The molecule has 3 aromatic rings. The van der Waals surface area contributed by atoms with Crippen LogP contribution in [0, 0.1) is 0 Å². The summed E-state index contributed by atoms with van der Waals surface area (Å²) >= 11 is 9.43. The van der Waals surface area contributed by atoms with Gasteiger partial charge in [-0.3, -0.25) is 0 Å². The van der Waals surface area contributed by atoms with Crippen molar-refractivity contribution in [2.24, 2.45) is 0 Å². The van der Waals surface area contributed by atoms with Gasteiger partial charge in [-0.15, -0.1) is 0 Å². The van der Waals surface area contributed by atoms with E-state index in [0.717, 1.165) is 26.2 Å². The summed E-state index contributed by atoms with van der Waals surface area (Å²) in [5.41, 5.74) is 1.06. The predicted molar refractivity (Wildman–Crippen MR) is 87.4 cm³/mol. The number of benzene rings is 3. The van der Waals surface area contributed by atoms with Crippen molar-refractivity contribution in [3.05, 3.63) is 75.7 Å². The lowest BCUT2D eigenvalue weighted by Gasteiger charge is -2.08. The van der Waals surface area contributed by atoms with Crippen LogP contribution in [-0.2, 0) is 6.61 Å². The topological polar surface area (TPSA) is 9.23 Å². The Morgan fingerprint density at radius 3 is 2.55 bits per heavy atom. The van der Waals surface area contributed by atoms with Crippen molar-refractivity contribution in [2.75, 3.05) is 0 Å². The molecule has 0 aromatic heterocycles. The Bertz CT molecular complexity index is 755. The summed E-state index contributed by atoms with van der Waals surface area (Å²) in [4.78, 5) is 0. The molecule has 1 nitrogen and oxygen atoms in total. The van der Waals surface area contributed by atoms with Crippen LogP contribution in [0.3, 0.4) is 0 Å². The summed E-state index contributed by atoms with van der Waals surface area (Å²) in [6.07, 6.45) is 0. The van der Waals surface area contributed by atoms with E-state index in [9.17, 15) is 0 Å². The Labute approximate surface area is 131 Å². The van der Waals surface area contributed by atoms with E-state index in [0.29, 0.717) is 6.61 Å². The second-order valence-electron chi connectivity index (χ2n) is 4.57. The fourth-order valence-corrected chi connectivity index (χ4v) is 2.67. The van der Waals surface area contributed by atoms with Gasteiger partial charge in [-0.05, 0) is 52.7 Å². The number of rotatable bonds is 3. The third-order valence-electron chi connectivity index (χ3n) is 3.07. The molecular weight excluding hydrogens is 336 g/mol. The molecule has 0 saturated carbocycles. The molecule has 0 aliphatic carbocycles. The van der Waals surface area contributed by atoms with Crippen molar-refractivity contribution in [3.63, 3.8) is 0 Å². The zero-order valence-electron chi connectivity index (χ0n) is 10.6. The van der Waals surface area contributed by atoms with Gasteiger partial charge < -0.3 is 4.74 Å². The van der Waals surface area contributed by atoms with Crippen LogP contribution >= 0.6 is 27.5 Å². The van der Waals surface area contributed by atoms with Gasteiger partial charge in [0.25, 0.3) is 0 Å². The quantitative estimate of drug-likeness (QED) is 0.579. The first-order chi connectivity index (χ1) is 9.70. The normalized spacial score (nSPS) is 10.7. The monoisotopic (exact) mass is 346 g/mol. The molecule has 0 bridgehead atoms. The van der Waals surface area contributed by atoms with E-state index in [-0.39, 0.29) is 0 Å². The van der Waals surface area contributed by atoms with E-state index >= 15 is 0 Å². The van der Waals surface area contributed by atoms with E-state index in [2.05, 4.69) is 34.1 Å². The molecule has 3 aromatic carbocycles. The molecule has 0 unspecified atom stereocenters. The van der Waals surface area contributed by atoms with E-state index in [1.807, 2.05) is 42.5 Å². The average Bonchev–Trinajstić information content (AvgIpc) is 2.45. The minimum absolute atomic E-state index is 0.516. The summed E-state index contributed by atoms with van der Waals surface area (Å²) in [5.74, 6) is 0.861. The van der Waals surface area contributed by atoms with Gasteiger partial charge in [0.05, 0.1) is 0 Å². The summed E-state index contributed by atoms with van der Waals surface area (Å²) in [6, 6.07) is 20.0. The van der Waals surface area contributed by atoms with Crippen LogP contribution in [0.2, 0.25) is 5.02 Å². The first kappa shape index (κ1) is 13.5. The van der Waals surface area contributed by atoms with Crippen LogP contribution in [0.4, 0.5) is 0 Å². The Kier molecular flexibility index (Phi) is 3.95. The van der Waals surface area contributed by atoms with Crippen LogP contribution < -0.4 is 4.74 Å². The van der Waals surface area contributed by atoms with Gasteiger partial charge in [-0.1, -0.05) is 51.8 Å². The molecule has 100 valence electrons. The zero-order chi connectivity index (χ0) is 13.9. The molecule has 0 aliphatic rings. The lowest BCUT2D eigenvalue weighted by Crippen LogP contribution is -1.95. The third-order valence-corrected chi connectivity index (χ3v) is 3.80. The number of halogens is 2. The van der Waals surface area contributed by atoms with E-state index < -0.39 is 0 Å². The van der Waals surface area contributed by atoms with Crippen LogP contribution in [0.5, 0.6) is 5.75 Å². The maximum atomic E-state index is 5.96. The molecule has 3 rings (SSSR count). The third kappa shape index (κ3) is 3.14. The molecule has 0 atom stereocenters. The summed E-state index contributed by atoms with van der Waals surface area (Å²) in [7, 11) is 0. The SMILES string of the molecule is Clc1cccc(COc2ccc3cc(Br)ccc3c2)c1. The van der Waals surface area contributed by atoms with Gasteiger partial charge >= 0.3 is 0 Å². The fourth-order valence-electron chi connectivity index (χ4n) is 2.08. The first-order valence-corrected chi connectivity index (χ1v) is 7.44. The molecule has 0 amide bonds. The van der Waals surface area contributed by atoms with Crippen molar-refractivity contribution in [3.8, 4) is 5.75 Å². The predicted octanol–water partition coefficient (Wildman–Crippen LogP) is 5.83. The standard InChI is InChI=1S/C17H12BrClO/c18-15-6-4-14-10-17(7-5-13(14)9-15)20-11-12-2-1-3-16(19)8-12/h1-10H,11H2. The largest absolute Gasteiger partial charge is 0.489 e. The highest BCUT2D eigenvalue weighted by molar-refractivity contribution is 9.10. The molecule has 3 heteroatoms. The molecule has 0 saturated heterocycles. The molecule has 0 heterocycles. The van der Waals surface area contributed by atoms with E-state index in [1.54, 1.807) is 0 Å². The van der Waals surface area contributed by atoms with E-state index in [4.69, 9.17) is 16.3 Å².